The molecule has 0 spiro atoms. The molecule has 0 aromatic heterocycles. The normalized spacial score (nSPS) is 40.3. The van der Waals surface area contributed by atoms with Crippen molar-refractivity contribution in [3.8, 4) is 0 Å². The van der Waals surface area contributed by atoms with Crippen LogP contribution in [0.3, 0.4) is 0 Å². The van der Waals surface area contributed by atoms with Crippen molar-refractivity contribution in [3.05, 3.63) is 0 Å². The van der Waals surface area contributed by atoms with Crippen molar-refractivity contribution in [1.82, 2.24) is 0 Å². The topological polar surface area (TPSA) is 34.1 Å². The first kappa shape index (κ1) is 8.88. The minimum absolute atomic E-state index is 0.00463. The number of hydrogen-bond donors (Lipinski definition) is 0. The van der Waals surface area contributed by atoms with Gasteiger partial charge in [-0.3, -0.25) is 0 Å². The minimum atomic E-state index is -2.69. The summed E-state index contributed by atoms with van der Waals surface area (Å²) in [6, 6.07) is 0. The Labute approximate surface area is 78.0 Å². The second kappa shape index (κ2) is 3.22. The van der Waals surface area contributed by atoms with E-state index in [2.05, 4.69) is 0 Å². The van der Waals surface area contributed by atoms with E-state index in [-0.39, 0.29) is 5.25 Å². The van der Waals surface area contributed by atoms with Crippen LogP contribution in [0.1, 0.15) is 25.7 Å². The molecule has 2 unspecified atom stereocenters. The Morgan fingerprint density at radius 3 is 2.50 bits per heavy atom. The molecule has 2 saturated heterocycles. The van der Waals surface area contributed by atoms with Crippen molar-refractivity contribution >= 4 is 21.6 Å². The van der Waals surface area contributed by atoms with E-state index in [1.807, 2.05) is 11.8 Å². The van der Waals surface area contributed by atoms with E-state index < -0.39 is 9.84 Å². The van der Waals surface area contributed by atoms with Gasteiger partial charge >= 0.3 is 0 Å². The lowest BCUT2D eigenvalue weighted by Crippen LogP contribution is -2.26. The molecule has 0 aliphatic carbocycles. The van der Waals surface area contributed by atoms with Crippen LogP contribution in [0.2, 0.25) is 0 Å². The summed E-state index contributed by atoms with van der Waals surface area (Å²) < 4.78 is 23.1. The fraction of sp³-hybridized carbons (Fsp3) is 1.00. The number of sulfone groups is 1. The van der Waals surface area contributed by atoms with E-state index in [4.69, 9.17) is 0 Å². The Morgan fingerprint density at radius 1 is 1.17 bits per heavy atom. The number of thioether (sulfide) groups is 1. The molecule has 70 valence electrons. The van der Waals surface area contributed by atoms with Gasteiger partial charge in [0.1, 0.15) is 0 Å². The second-order valence-electron chi connectivity index (χ2n) is 3.60. The van der Waals surface area contributed by atoms with Crippen molar-refractivity contribution in [1.29, 1.82) is 0 Å². The zero-order valence-electron chi connectivity index (χ0n) is 7.03. The maximum absolute atomic E-state index is 11.5. The minimum Gasteiger partial charge on any atom is -0.229 e. The third-order valence-corrected chi connectivity index (χ3v) is 6.79. The van der Waals surface area contributed by atoms with Gasteiger partial charge in [-0.05, 0) is 31.4 Å². The summed E-state index contributed by atoms with van der Waals surface area (Å²) in [6.07, 6.45) is 4.14. The van der Waals surface area contributed by atoms with Crippen LogP contribution in [0.4, 0.5) is 0 Å². The Bertz CT molecular complexity index is 252. The van der Waals surface area contributed by atoms with Crippen LogP contribution in [-0.4, -0.2) is 30.4 Å². The van der Waals surface area contributed by atoms with E-state index >= 15 is 0 Å². The molecule has 2 atom stereocenters. The number of hydrogen-bond acceptors (Lipinski definition) is 3. The predicted molar refractivity (Wildman–Crippen MR) is 52.3 cm³/mol. The van der Waals surface area contributed by atoms with Crippen LogP contribution >= 0.6 is 11.8 Å². The summed E-state index contributed by atoms with van der Waals surface area (Å²) in [5.41, 5.74) is 0. The Hall–Kier alpha value is 0.300. The highest BCUT2D eigenvalue weighted by Crippen LogP contribution is 2.36. The van der Waals surface area contributed by atoms with Crippen molar-refractivity contribution < 1.29 is 8.42 Å². The molecule has 4 heteroatoms. The fourth-order valence-corrected chi connectivity index (χ4v) is 6.19. The average Bonchev–Trinajstić information content (AvgIpc) is 2.55. The Morgan fingerprint density at radius 2 is 2.00 bits per heavy atom. The van der Waals surface area contributed by atoms with Crippen LogP contribution in [0.5, 0.6) is 0 Å². The van der Waals surface area contributed by atoms with E-state index in [0.29, 0.717) is 11.0 Å². The fourth-order valence-electron chi connectivity index (χ4n) is 2.13. The van der Waals surface area contributed by atoms with E-state index in [1.165, 1.54) is 6.42 Å². The third-order valence-electron chi connectivity index (χ3n) is 2.76. The lowest BCUT2D eigenvalue weighted by Gasteiger charge is -2.15. The zero-order valence-corrected chi connectivity index (χ0v) is 8.66. The first-order chi connectivity index (χ1) is 5.70. The van der Waals surface area contributed by atoms with Gasteiger partial charge in [-0.2, -0.15) is 11.8 Å². The molecule has 2 fully saturated rings. The third kappa shape index (κ3) is 1.51. The number of rotatable bonds is 1. The van der Waals surface area contributed by atoms with Gasteiger partial charge in [-0.15, -0.1) is 0 Å². The largest absolute Gasteiger partial charge is 0.229 e. The van der Waals surface area contributed by atoms with Gasteiger partial charge in [0.05, 0.1) is 11.0 Å². The molecule has 12 heavy (non-hydrogen) atoms. The van der Waals surface area contributed by atoms with Crippen molar-refractivity contribution in [2.24, 2.45) is 0 Å². The summed E-state index contributed by atoms with van der Waals surface area (Å²) in [5, 5.41) is 0.433. The molecule has 2 aliphatic rings. The first-order valence-electron chi connectivity index (χ1n) is 4.53. The van der Waals surface area contributed by atoms with Gasteiger partial charge in [-0.25, -0.2) is 8.42 Å². The summed E-state index contributed by atoms with van der Waals surface area (Å²) in [7, 11) is -2.69. The van der Waals surface area contributed by atoms with Crippen molar-refractivity contribution in [3.63, 3.8) is 0 Å². The molecule has 0 N–H and O–H groups in total. The van der Waals surface area contributed by atoms with E-state index in [1.54, 1.807) is 0 Å². The van der Waals surface area contributed by atoms with Gasteiger partial charge in [0.2, 0.25) is 0 Å². The summed E-state index contributed by atoms with van der Waals surface area (Å²) in [4.78, 5) is 0. The lowest BCUT2D eigenvalue weighted by atomic mass is 10.1. The molecule has 0 radical (unpaired) electrons. The molecule has 2 nitrogen and oxygen atoms in total. The van der Waals surface area contributed by atoms with Gasteiger partial charge in [0.25, 0.3) is 0 Å². The molecule has 0 aromatic rings. The van der Waals surface area contributed by atoms with E-state index in [9.17, 15) is 8.42 Å². The van der Waals surface area contributed by atoms with Crippen LogP contribution in [0.25, 0.3) is 0 Å². The highest BCUT2D eigenvalue weighted by molar-refractivity contribution is 8.01. The molecule has 0 amide bonds. The molecular weight excluding hydrogens is 192 g/mol. The van der Waals surface area contributed by atoms with Gasteiger partial charge in [0.15, 0.2) is 9.84 Å². The quantitative estimate of drug-likeness (QED) is 0.651. The first-order valence-corrected chi connectivity index (χ1v) is 7.30. The zero-order chi connectivity index (χ0) is 8.60. The SMILES string of the molecule is O=S1(=O)CCCC1C1CCCS1. The van der Waals surface area contributed by atoms with Crippen LogP contribution in [-0.2, 0) is 9.84 Å². The second-order valence-corrected chi connectivity index (χ2v) is 7.29. The summed E-state index contributed by atoms with van der Waals surface area (Å²) >= 11 is 1.86. The lowest BCUT2D eigenvalue weighted by molar-refractivity contribution is 0.582. The molecule has 0 bridgehead atoms. The molecular formula is C8H14O2S2. The molecule has 2 aliphatic heterocycles. The average molecular weight is 206 g/mol. The smallest absolute Gasteiger partial charge is 0.154 e. The maximum atomic E-state index is 11.5. The Kier molecular flexibility index (Phi) is 2.38. The van der Waals surface area contributed by atoms with Gasteiger partial charge < -0.3 is 0 Å². The van der Waals surface area contributed by atoms with Crippen LogP contribution < -0.4 is 0 Å². The van der Waals surface area contributed by atoms with Crippen LogP contribution in [0, 0.1) is 0 Å². The van der Waals surface area contributed by atoms with Gasteiger partial charge in [0, 0.05) is 5.25 Å². The molecule has 0 saturated carbocycles. The predicted octanol–water partition coefficient (Wildman–Crippen LogP) is 1.46. The summed E-state index contributed by atoms with van der Waals surface area (Å²) in [6.45, 7) is 0. The monoisotopic (exact) mass is 206 g/mol. The van der Waals surface area contributed by atoms with E-state index in [0.717, 1.165) is 25.0 Å². The van der Waals surface area contributed by atoms with Gasteiger partial charge in [-0.1, -0.05) is 0 Å². The standard InChI is InChI=1S/C8H14O2S2/c9-12(10)6-2-4-8(12)7-3-1-5-11-7/h7-8H,1-6H2. The van der Waals surface area contributed by atoms with Crippen molar-refractivity contribution in [2.45, 2.75) is 36.2 Å². The highest BCUT2D eigenvalue weighted by atomic mass is 32.2. The highest BCUT2D eigenvalue weighted by Gasteiger charge is 2.38. The Balaban J connectivity index is 2.12. The summed E-state index contributed by atoms with van der Waals surface area (Å²) in [5.74, 6) is 1.60. The van der Waals surface area contributed by atoms with Crippen LogP contribution in [0.15, 0.2) is 0 Å². The molecule has 0 aromatic carbocycles. The molecule has 2 rings (SSSR count). The van der Waals surface area contributed by atoms with Crippen molar-refractivity contribution in [2.75, 3.05) is 11.5 Å². The maximum Gasteiger partial charge on any atom is 0.154 e. The molecule has 2 heterocycles.